The molecule has 0 bridgehead atoms. The van der Waals surface area contributed by atoms with Gasteiger partial charge in [-0.2, -0.15) is 0 Å². The third kappa shape index (κ3) is 3.49. The zero-order valence-electron chi connectivity index (χ0n) is 17.5. The number of benzene rings is 2. The predicted octanol–water partition coefficient (Wildman–Crippen LogP) is 4.00. The number of rotatable bonds is 6. The third-order valence-electron chi connectivity index (χ3n) is 5.50. The van der Waals surface area contributed by atoms with Crippen LogP contribution in [-0.2, 0) is 6.54 Å². The summed E-state index contributed by atoms with van der Waals surface area (Å²) in [4.78, 5) is 31.3. The van der Waals surface area contributed by atoms with Gasteiger partial charge in [0.1, 0.15) is 0 Å². The van der Waals surface area contributed by atoms with Crippen molar-refractivity contribution in [2.45, 2.75) is 39.8 Å². The number of hydrogen-bond donors (Lipinski definition) is 0. The molecule has 0 amide bonds. The molecule has 2 heterocycles. The molecule has 0 aliphatic carbocycles. The molecule has 0 N–H and O–H groups in total. The van der Waals surface area contributed by atoms with E-state index in [1.54, 1.807) is 10.9 Å². The summed E-state index contributed by atoms with van der Waals surface area (Å²) in [5.74, 6) is 0.380. The first-order valence-corrected chi connectivity index (χ1v) is 10.3. The van der Waals surface area contributed by atoms with Gasteiger partial charge in [0.15, 0.2) is 11.2 Å². The number of imidazole rings is 1. The topological polar surface area (TPSA) is 61.8 Å². The maximum atomic E-state index is 13.5. The van der Waals surface area contributed by atoms with Crippen molar-refractivity contribution >= 4 is 11.2 Å². The summed E-state index contributed by atoms with van der Waals surface area (Å²) in [5.41, 5.74) is 1.96. The second kappa shape index (κ2) is 8.14. The zero-order chi connectivity index (χ0) is 21.3. The largest absolute Gasteiger partial charge is 0.337 e. The first kappa shape index (κ1) is 19.9. The van der Waals surface area contributed by atoms with Crippen molar-refractivity contribution in [3.05, 3.63) is 93.4 Å². The van der Waals surface area contributed by atoms with Gasteiger partial charge in [-0.25, -0.2) is 14.3 Å². The average Bonchev–Trinajstić information content (AvgIpc) is 3.19. The molecule has 0 aliphatic rings. The van der Waals surface area contributed by atoms with Gasteiger partial charge in [0.05, 0.1) is 18.1 Å². The van der Waals surface area contributed by atoms with Crippen LogP contribution in [0.25, 0.3) is 16.9 Å². The van der Waals surface area contributed by atoms with E-state index in [0.717, 1.165) is 12.0 Å². The monoisotopic (exact) mass is 402 g/mol. The van der Waals surface area contributed by atoms with E-state index in [2.05, 4.69) is 18.8 Å². The van der Waals surface area contributed by atoms with Crippen molar-refractivity contribution in [2.75, 3.05) is 0 Å². The van der Waals surface area contributed by atoms with E-state index in [0.29, 0.717) is 29.3 Å². The van der Waals surface area contributed by atoms with Crippen LogP contribution in [0, 0.1) is 5.92 Å². The van der Waals surface area contributed by atoms with Crippen LogP contribution in [-0.4, -0.2) is 18.7 Å². The molecule has 6 heteroatoms. The van der Waals surface area contributed by atoms with E-state index in [9.17, 15) is 9.59 Å². The molecule has 154 valence electrons. The van der Waals surface area contributed by atoms with Crippen LogP contribution in [0.5, 0.6) is 0 Å². The Bertz CT molecular complexity index is 1270. The lowest BCUT2D eigenvalue weighted by molar-refractivity contribution is 0.491. The highest BCUT2D eigenvalue weighted by atomic mass is 16.2. The van der Waals surface area contributed by atoms with E-state index in [4.69, 9.17) is 0 Å². The molecule has 1 unspecified atom stereocenters. The van der Waals surface area contributed by atoms with Gasteiger partial charge in [-0.3, -0.25) is 9.36 Å². The van der Waals surface area contributed by atoms with Gasteiger partial charge < -0.3 is 4.57 Å². The molecule has 6 nitrogen and oxygen atoms in total. The van der Waals surface area contributed by atoms with Crippen molar-refractivity contribution in [1.29, 1.82) is 0 Å². The molecule has 30 heavy (non-hydrogen) atoms. The fourth-order valence-electron chi connectivity index (χ4n) is 3.73. The fourth-order valence-corrected chi connectivity index (χ4v) is 3.73. The van der Waals surface area contributed by atoms with E-state index in [1.807, 2.05) is 72.2 Å². The van der Waals surface area contributed by atoms with Crippen molar-refractivity contribution in [3.8, 4) is 5.69 Å². The molecule has 0 saturated carbocycles. The number of fused-ring (bicyclic) bond motifs is 1. The Morgan fingerprint density at radius 3 is 2.17 bits per heavy atom. The molecule has 2 aromatic carbocycles. The highest BCUT2D eigenvalue weighted by Gasteiger charge is 2.21. The van der Waals surface area contributed by atoms with Gasteiger partial charge in [0, 0.05) is 6.54 Å². The number of nitrogens with zero attached hydrogens (tertiary/aromatic N) is 4. The Kier molecular flexibility index (Phi) is 5.40. The lowest BCUT2D eigenvalue weighted by Crippen LogP contribution is -2.40. The van der Waals surface area contributed by atoms with Crippen LogP contribution >= 0.6 is 0 Å². The SMILES string of the molecule is CC(C)CCn1c(=O)c2c(ncn2C(C)c2ccccc2)n(-c2ccccc2)c1=O. The molecule has 4 rings (SSSR count). The van der Waals surface area contributed by atoms with Crippen LogP contribution in [0.4, 0.5) is 0 Å². The molecule has 0 radical (unpaired) electrons. The van der Waals surface area contributed by atoms with E-state index in [-0.39, 0.29) is 17.3 Å². The molecular formula is C24H26N4O2. The maximum absolute atomic E-state index is 13.5. The number of hydrogen-bond acceptors (Lipinski definition) is 3. The normalized spacial score (nSPS) is 12.5. The first-order chi connectivity index (χ1) is 14.5. The van der Waals surface area contributed by atoms with Crippen LogP contribution in [0.3, 0.4) is 0 Å². The summed E-state index contributed by atoms with van der Waals surface area (Å²) < 4.78 is 4.77. The van der Waals surface area contributed by atoms with Crippen LogP contribution in [0.1, 0.15) is 38.8 Å². The Morgan fingerprint density at radius 2 is 1.53 bits per heavy atom. The average molecular weight is 402 g/mol. The van der Waals surface area contributed by atoms with Crippen LogP contribution in [0.15, 0.2) is 76.6 Å². The van der Waals surface area contributed by atoms with Gasteiger partial charge >= 0.3 is 5.69 Å². The maximum Gasteiger partial charge on any atom is 0.337 e. The van der Waals surface area contributed by atoms with E-state index in [1.165, 1.54) is 4.57 Å². The zero-order valence-corrected chi connectivity index (χ0v) is 17.5. The van der Waals surface area contributed by atoms with Crippen LogP contribution < -0.4 is 11.2 Å². The smallest absolute Gasteiger partial charge is 0.317 e. The molecule has 0 fully saturated rings. The van der Waals surface area contributed by atoms with Gasteiger partial charge in [0.25, 0.3) is 5.56 Å². The molecule has 0 aliphatic heterocycles. The van der Waals surface area contributed by atoms with Crippen molar-refractivity contribution < 1.29 is 0 Å². The minimum Gasteiger partial charge on any atom is -0.317 e. The molecule has 0 spiro atoms. The first-order valence-electron chi connectivity index (χ1n) is 10.3. The number of aromatic nitrogens is 4. The van der Waals surface area contributed by atoms with Gasteiger partial charge in [-0.1, -0.05) is 62.4 Å². The standard InChI is InChI=1S/C24H26N4O2/c1-17(2)14-15-26-23(29)21-22(28(24(26)30)20-12-8-5-9-13-20)25-16-27(21)18(3)19-10-6-4-7-11-19/h4-13,16-18H,14-15H2,1-3H3. The van der Waals surface area contributed by atoms with Crippen molar-refractivity contribution in [1.82, 2.24) is 18.7 Å². The predicted molar refractivity (Wildman–Crippen MR) is 119 cm³/mol. The highest BCUT2D eigenvalue weighted by molar-refractivity contribution is 5.72. The second-order valence-electron chi connectivity index (χ2n) is 8.00. The number of para-hydroxylation sites is 1. The summed E-state index contributed by atoms with van der Waals surface area (Å²) >= 11 is 0. The molecule has 4 aromatic rings. The molecule has 0 saturated heterocycles. The van der Waals surface area contributed by atoms with Crippen molar-refractivity contribution in [2.24, 2.45) is 5.92 Å². The minimum atomic E-state index is -0.350. The lowest BCUT2D eigenvalue weighted by Gasteiger charge is -2.17. The summed E-state index contributed by atoms with van der Waals surface area (Å²) in [5, 5.41) is 0. The quantitative estimate of drug-likeness (QED) is 0.490. The second-order valence-corrected chi connectivity index (χ2v) is 8.00. The Morgan fingerprint density at radius 1 is 0.900 bits per heavy atom. The highest BCUT2D eigenvalue weighted by Crippen LogP contribution is 2.22. The van der Waals surface area contributed by atoms with E-state index >= 15 is 0 Å². The summed E-state index contributed by atoms with van der Waals surface area (Å²) in [6.07, 6.45) is 2.41. The third-order valence-corrected chi connectivity index (χ3v) is 5.50. The van der Waals surface area contributed by atoms with Crippen molar-refractivity contribution in [3.63, 3.8) is 0 Å². The Balaban J connectivity index is 2.01. The fraction of sp³-hybridized carbons (Fsp3) is 0.292. The molecular weight excluding hydrogens is 376 g/mol. The lowest BCUT2D eigenvalue weighted by atomic mass is 10.1. The molecule has 2 aromatic heterocycles. The summed E-state index contributed by atoms with van der Waals surface area (Å²) in [7, 11) is 0. The minimum absolute atomic E-state index is 0.0934. The van der Waals surface area contributed by atoms with Gasteiger partial charge in [0.2, 0.25) is 0 Å². The Labute approximate surface area is 175 Å². The van der Waals surface area contributed by atoms with Gasteiger partial charge in [-0.05, 0) is 37.0 Å². The van der Waals surface area contributed by atoms with Crippen LogP contribution in [0.2, 0.25) is 0 Å². The molecule has 1 atom stereocenters. The summed E-state index contributed by atoms with van der Waals surface area (Å²) in [6, 6.07) is 19.3. The summed E-state index contributed by atoms with van der Waals surface area (Å²) in [6.45, 7) is 6.58. The van der Waals surface area contributed by atoms with Gasteiger partial charge in [-0.15, -0.1) is 0 Å². The Hall–Kier alpha value is -3.41. The van der Waals surface area contributed by atoms with E-state index < -0.39 is 0 Å².